The zero-order chi connectivity index (χ0) is 9.26. The zero-order valence-electron chi connectivity index (χ0n) is 7.16. The second kappa shape index (κ2) is 3.43. The Balaban J connectivity index is 2.49. The molecule has 1 N–H and O–H groups in total. The smallest absolute Gasteiger partial charge is 0.165 e. The lowest BCUT2D eigenvalue weighted by Gasteiger charge is -1.90. The van der Waals surface area contributed by atoms with Gasteiger partial charge in [0.15, 0.2) is 11.5 Å². The normalized spacial score (nSPS) is 10.9. The number of nitrogens with zero attached hydrogens (tertiary/aromatic N) is 3. The average molecular weight is 241 g/mol. The molecule has 0 unspecified atom stereocenters. The van der Waals surface area contributed by atoms with Crippen molar-refractivity contribution in [3.8, 4) is 0 Å². The summed E-state index contributed by atoms with van der Waals surface area (Å²) in [6.45, 7) is 0.694. The van der Waals surface area contributed by atoms with Crippen LogP contribution in [0.15, 0.2) is 22.8 Å². The van der Waals surface area contributed by atoms with Gasteiger partial charge >= 0.3 is 0 Å². The van der Waals surface area contributed by atoms with E-state index >= 15 is 0 Å². The first-order valence-electron chi connectivity index (χ1n) is 3.95. The number of hydrogen-bond donors (Lipinski definition) is 1. The van der Waals surface area contributed by atoms with Crippen LogP contribution in [0, 0.1) is 0 Å². The molecule has 0 amide bonds. The van der Waals surface area contributed by atoms with E-state index in [-0.39, 0.29) is 0 Å². The van der Waals surface area contributed by atoms with Gasteiger partial charge < -0.3 is 5.32 Å². The highest BCUT2D eigenvalue weighted by Gasteiger charge is 2.01. The second-order valence-electron chi connectivity index (χ2n) is 2.71. The average Bonchev–Trinajstić information content (AvgIpc) is 2.46. The number of aromatic nitrogens is 3. The molecule has 0 aliphatic carbocycles. The first-order chi connectivity index (χ1) is 6.29. The highest BCUT2D eigenvalue weighted by atomic mass is 79.9. The zero-order valence-corrected chi connectivity index (χ0v) is 8.74. The molecule has 0 spiro atoms. The predicted molar refractivity (Wildman–Crippen MR) is 53.5 cm³/mol. The quantitative estimate of drug-likeness (QED) is 0.859. The molecular weight excluding hydrogens is 232 g/mol. The monoisotopic (exact) mass is 240 g/mol. The molecule has 13 heavy (non-hydrogen) atoms. The third-order valence-electron chi connectivity index (χ3n) is 1.67. The van der Waals surface area contributed by atoms with Crippen LogP contribution in [0.2, 0.25) is 0 Å². The summed E-state index contributed by atoms with van der Waals surface area (Å²) in [5.41, 5.74) is 0.869. The Bertz CT molecular complexity index is 423. The molecule has 2 rings (SSSR count). The van der Waals surface area contributed by atoms with Crippen molar-refractivity contribution in [2.75, 3.05) is 7.05 Å². The molecule has 4 nitrogen and oxygen atoms in total. The fourth-order valence-corrected chi connectivity index (χ4v) is 1.46. The van der Waals surface area contributed by atoms with Gasteiger partial charge in [-0.25, -0.2) is 9.50 Å². The molecule has 68 valence electrons. The number of rotatable bonds is 2. The predicted octanol–water partition coefficient (Wildman–Crippen LogP) is 1.21. The van der Waals surface area contributed by atoms with Crippen molar-refractivity contribution in [1.29, 1.82) is 0 Å². The van der Waals surface area contributed by atoms with Crippen molar-refractivity contribution in [2.45, 2.75) is 6.54 Å². The van der Waals surface area contributed by atoms with Crippen LogP contribution < -0.4 is 5.32 Å². The molecule has 0 aromatic carbocycles. The van der Waals surface area contributed by atoms with Gasteiger partial charge in [0.2, 0.25) is 0 Å². The molecule has 2 heterocycles. The Morgan fingerprint density at radius 3 is 3.15 bits per heavy atom. The lowest BCUT2D eigenvalue weighted by molar-refractivity contribution is 0.752. The van der Waals surface area contributed by atoms with Gasteiger partial charge in [0.25, 0.3) is 0 Å². The second-order valence-corrected chi connectivity index (χ2v) is 3.62. The van der Waals surface area contributed by atoms with Gasteiger partial charge in [-0.3, -0.25) is 0 Å². The summed E-state index contributed by atoms with van der Waals surface area (Å²) in [7, 11) is 1.88. The number of hydrogen-bond acceptors (Lipinski definition) is 3. The molecular formula is C8H9BrN4. The van der Waals surface area contributed by atoms with Crippen LogP contribution in [-0.2, 0) is 6.54 Å². The summed E-state index contributed by atoms with van der Waals surface area (Å²) in [5.74, 6) is 0.806. The van der Waals surface area contributed by atoms with Crippen LogP contribution in [0.4, 0.5) is 0 Å². The van der Waals surface area contributed by atoms with E-state index in [0.717, 1.165) is 15.9 Å². The van der Waals surface area contributed by atoms with Crippen LogP contribution in [0.5, 0.6) is 0 Å². The topological polar surface area (TPSA) is 42.2 Å². The molecule has 0 aliphatic heterocycles. The van der Waals surface area contributed by atoms with Gasteiger partial charge in [-0.05, 0) is 35.1 Å². The first kappa shape index (κ1) is 8.65. The van der Waals surface area contributed by atoms with Gasteiger partial charge in [0, 0.05) is 10.7 Å². The minimum absolute atomic E-state index is 0.694. The van der Waals surface area contributed by atoms with E-state index in [9.17, 15) is 0 Å². The van der Waals surface area contributed by atoms with E-state index in [1.807, 2.05) is 25.4 Å². The Kier molecular flexibility index (Phi) is 2.28. The summed E-state index contributed by atoms with van der Waals surface area (Å²) in [4.78, 5) is 4.31. The number of nitrogens with one attached hydrogen (secondary N) is 1. The van der Waals surface area contributed by atoms with Crippen molar-refractivity contribution in [2.24, 2.45) is 0 Å². The van der Waals surface area contributed by atoms with E-state index < -0.39 is 0 Å². The maximum atomic E-state index is 4.31. The molecule has 0 radical (unpaired) electrons. The van der Waals surface area contributed by atoms with Gasteiger partial charge in [-0.2, -0.15) is 0 Å². The van der Waals surface area contributed by atoms with Crippen molar-refractivity contribution in [3.63, 3.8) is 0 Å². The Labute approximate surface area is 84.1 Å². The van der Waals surface area contributed by atoms with Crippen LogP contribution >= 0.6 is 15.9 Å². The molecule has 0 saturated heterocycles. The summed E-state index contributed by atoms with van der Waals surface area (Å²) < 4.78 is 2.76. The summed E-state index contributed by atoms with van der Waals surface area (Å²) in [6, 6.07) is 3.88. The maximum Gasteiger partial charge on any atom is 0.165 e. The van der Waals surface area contributed by atoms with Gasteiger partial charge in [-0.1, -0.05) is 0 Å². The van der Waals surface area contributed by atoms with Gasteiger partial charge in [0.05, 0.1) is 6.54 Å². The van der Waals surface area contributed by atoms with Crippen molar-refractivity contribution >= 4 is 21.6 Å². The van der Waals surface area contributed by atoms with E-state index in [1.165, 1.54) is 0 Å². The maximum absolute atomic E-state index is 4.31. The van der Waals surface area contributed by atoms with E-state index in [0.29, 0.717) is 6.54 Å². The first-order valence-corrected chi connectivity index (χ1v) is 4.74. The van der Waals surface area contributed by atoms with E-state index in [1.54, 1.807) is 4.52 Å². The standard InChI is InChI=1S/C8H9BrN4/c1-10-4-7-11-8-3-2-6(9)5-13(8)12-7/h2-3,5,10H,4H2,1H3. The Hall–Kier alpha value is -0.940. The molecule has 0 fully saturated rings. The van der Waals surface area contributed by atoms with Crippen molar-refractivity contribution in [1.82, 2.24) is 19.9 Å². The number of pyridine rings is 1. The lowest BCUT2D eigenvalue weighted by atomic mass is 10.5. The fraction of sp³-hybridized carbons (Fsp3) is 0.250. The van der Waals surface area contributed by atoms with Crippen LogP contribution in [0.25, 0.3) is 5.65 Å². The third kappa shape index (κ3) is 1.71. The highest BCUT2D eigenvalue weighted by Crippen LogP contribution is 2.10. The Morgan fingerprint density at radius 1 is 1.54 bits per heavy atom. The SMILES string of the molecule is CNCc1nc2ccc(Br)cn2n1. The molecule has 2 aromatic rings. The highest BCUT2D eigenvalue weighted by molar-refractivity contribution is 9.10. The molecule has 0 saturated carbocycles. The third-order valence-corrected chi connectivity index (χ3v) is 2.14. The number of fused-ring (bicyclic) bond motifs is 1. The van der Waals surface area contributed by atoms with Crippen molar-refractivity contribution < 1.29 is 0 Å². The molecule has 5 heteroatoms. The summed E-state index contributed by atoms with van der Waals surface area (Å²) in [6.07, 6.45) is 1.89. The van der Waals surface area contributed by atoms with Gasteiger partial charge in [-0.15, -0.1) is 5.10 Å². The molecule has 0 bridgehead atoms. The fourth-order valence-electron chi connectivity index (χ4n) is 1.14. The molecule has 0 atom stereocenters. The molecule has 2 aromatic heterocycles. The van der Waals surface area contributed by atoms with Crippen LogP contribution in [0.1, 0.15) is 5.82 Å². The van der Waals surface area contributed by atoms with Crippen molar-refractivity contribution in [3.05, 3.63) is 28.6 Å². The van der Waals surface area contributed by atoms with E-state index in [4.69, 9.17) is 0 Å². The minimum atomic E-state index is 0.694. The summed E-state index contributed by atoms with van der Waals surface area (Å²) >= 11 is 3.38. The minimum Gasteiger partial charge on any atom is -0.313 e. The largest absolute Gasteiger partial charge is 0.313 e. The number of halogens is 1. The molecule has 0 aliphatic rings. The van der Waals surface area contributed by atoms with Crippen LogP contribution in [-0.4, -0.2) is 21.6 Å². The van der Waals surface area contributed by atoms with Gasteiger partial charge in [0.1, 0.15) is 0 Å². The van der Waals surface area contributed by atoms with E-state index in [2.05, 4.69) is 31.3 Å². The Morgan fingerprint density at radius 2 is 2.38 bits per heavy atom. The summed E-state index contributed by atoms with van der Waals surface area (Å²) in [5, 5.41) is 7.29. The van der Waals surface area contributed by atoms with Crippen LogP contribution in [0.3, 0.4) is 0 Å². The lowest BCUT2D eigenvalue weighted by Crippen LogP contribution is -2.06.